The summed E-state index contributed by atoms with van der Waals surface area (Å²) in [5, 5.41) is 11.7. The topological polar surface area (TPSA) is 76.1 Å². The monoisotopic (exact) mass is 519 g/mol. The van der Waals surface area contributed by atoms with E-state index in [9.17, 15) is 14.7 Å². The maximum atomic E-state index is 13.4. The van der Waals surface area contributed by atoms with Crippen molar-refractivity contribution in [1.29, 1.82) is 0 Å². The number of likely N-dealkylation sites (tertiary alicyclic amines) is 1. The van der Waals surface area contributed by atoms with Crippen LogP contribution in [0.15, 0.2) is 72.3 Å². The number of hydrogen-bond acceptors (Lipinski definition) is 5. The van der Waals surface area contributed by atoms with Gasteiger partial charge in [-0.1, -0.05) is 74.8 Å². The Balaban J connectivity index is 1.91. The molecule has 1 fully saturated rings. The Kier molecular flexibility index (Phi) is 7.32. The van der Waals surface area contributed by atoms with Gasteiger partial charge in [-0.3, -0.25) is 9.59 Å². The van der Waals surface area contributed by atoms with E-state index < -0.39 is 17.7 Å². The zero-order chi connectivity index (χ0) is 26.9. The van der Waals surface area contributed by atoms with Gasteiger partial charge in [0.15, 0.2) is 0 Å². The van der Waals surface area contributed by atoms with Crippen LogP contribution in [0.3, 0.4) is 0 Å². The van der Waals surface area contributed by atoms with Crippen LogP contribution in [-0.4, -0.2) is 35.9 Å². The van der Waals surface area contributed by atoms with Gasteiger partial charge < -0.3 is 19.5 Å². The van der Waals surface area contributed by atoms with Crippen molar-refractivity contribution in [3.8, 4) is 11.5 Å². The smallest absolute Gasteiger partial charge is 0.295 e. The van der Waals surface area contributed by atoms with Crippen LogP contribution in [-0.2, 0) is 21.5 Å². The third-order valence-electron chi connectivity index (χ3n) is 6.59. The van der Waals surface area contributed by atoms with Gasteiger partial charge >= 0.3 is 0 Å². The molecule has 192 valence electrons. The predicted octanol–water partition coefficient (Wildman–Crippen LogP) is 6.28. The SMILES string of the molecule is COc1ccc(Cl)c(/C(O)=C2\C(=O)C(=O)N(Cc3ccccc3OC)C2c2ccc(C(C)(C)C)cc2)c1. The Morgan fingerprint density at radius 2 is 1.65 bits per heavy atom. The quantitative estimate of drug-likeness (QED) is 0.236. The molecule has 7 heteroatoms. The largest absolute Gasteiger partial charge is 0.507 e. The summed E-state index contributed by atoms with van der Waals surface area (Å²) in [6, 6.07) is 19.0. The molecule has 4 rings (SSSR count). The standard InChI is InChI=1S/C30H30ClNO5/c1-30(2,3)20-12-10-18(11-13-20)26-25(27(33)22-16-21(36-4)14-15-23(22)31)28(34)29(35)32(26)17-19-8-6-7-9-24(19)37-5/h6-16,26,33H,17H2,1-5H3/b27-25+. The molecule has 3 aromatic rings. The van der Waals surface area contributed by atoms with Gasteiger partial charge in [-0.05, 0) is 40.8 Å². The van der Waals surface area contributed by atoms with Gasteiger partial charge in [0.1, 0.15) is 17.3 Å². The number of para-hydroxylation sites is 1. The highest BCUT2D eigenvalue weighted by molar-refractivity contribution is 6.47. The molecular formula is C30H30ClNO5. The molecule has 0 saturated carbocycles. The molecule has 1 aliphatic heterocycles. The molecule has 1 amide bonds. The first-order valence-corrected chi connectivity index (χ1v) is 12.3. The van der Waals surface area contributed by atoms with Crippen molar-refractivity contribution in [3.05, 3.63) is 99.6 Å². The van der Waals surface area contributed by atoms with Crippen LogP contribution in [0.25, 0.3) is 5.76 Å². The first-order chi connectivity index (χ1) is 17.6. The number of halogens is 1. The third kappa shape index (κ3) is 5.07. The Morgan fingerprint density at radius 3 is 2.27 bits per heavy atom. The van der Waals surface area contributed by atoms with Crippen molar-refractivity contribution < 1.29 is 24.2 Å². The Bertz CT molecular complexity index is 1370. The first-order valence-electron chi connectivity index (χ1n) is 11.9. The number of methoxy groups -OCH3 is 2. The molecule has 6 nitrogen and oxygen atoms in total. The van der Waals surface area contributed by atoms with Gasteiger partial charge in [0.05, 0.1) is 37.4 Å². The van der Waals surface area contributed by atoms with E-state index in [2.05, 4.69) is 20.8 Å². The van der Waals surface area contributed by atoms with Gasteiger partial charge in [-0.15, -0.1) is 0 Å². The number of nitrogens with zero attached hydrogens (tertiary/aromatic N) is 1. The summed E-state index contributed by atoms with van der Waals surface area (Å²) in [5.74, 6) is -0.787. The van der Waals surface area contributed by atoms with Gasteiger partial charge in [0, 0.05) is 11.1 Å². The summed E-state index contributed by atoms with van der Waals surface area (Å²) in [6.07, 6.45) is 0. The molecule has 1 aliphatic rings. The number of rotatable bonds is 6. The molecule has 37 heavy (non-hydrogen) atoms. The van der Waals surface area contributed by atoms with Crippen molar-refractivity contribution in [2.75, 3.05) is 14.2 Å². The van der Waals surface area contributed by atoms with Gasteiger partial charge in [0.2, 0.25) is 0 Å². The van der Waals surface area contributed by atoms with Crippen molar-refractivity contribution >= 4 is 29.1 Å². The average molecular weight is 520 g/mol. The summed E-state index contributed by atoms with van der Waals surface area (Å²) >= 11 is 6.40. The lowest BCUT2D eigenvalue weighted by atomic mass is 9.85. The molecular weight excluding hydrogens is 490 g/mol. The Morgan fingerprint density at radius 1 is 0.973 bits per heavy atom. The van der Waals surface area contributed by atoms with E-state index in [0.717, 1.165) is 11.1 Å². The fourth-order valence-electron chi connectivity index (χ4n) is 4.53. The second kappa shape index (κ2) is 10.3. The van der Waals surface area contributed by atoms with Crippen LogP contribution < -0.4 is 9.47 Å². The highest BCUT2D eigenvalue weighted by Gasteiger charge is 2.46. The van der Waals surface area contributed by atoms with E-state index >= 15 is 0 Å². The summed E-state index contributed by atoms with van der Waals surface area (Å²) in [5.41, 5.74) is 2.65. The molecule has 3 aromatic carbocycles. The summed E-state index contributed by atoms with van der Waals surface area (Å²) in [7, 11) is 3.05. The van der Waals surface area contributed by atoms with E-state index in [1.165, 1.54) is 12.0 Å². The van der Waals surface area contributed by atoms with Crippen LogP contribution in [0.1, 0.15) is 49.1 Å². The maximum absolute atomic E-state index is 13.4. The van der Waals surface area contributed by atoms with E-state index in [1.54, 1.807) is 31.4 Å². The van der Waals surface area contributed by atoms with Crippen molar-refractivity contribution in [3.63, 3.8) is 0 Å². The number of carbonyl (C=O) groups excluding carboxylic acids is 2. The maximum Gasteiger partial charge on any atom is 0.295 e. The lowest BCUT2D eigenvalue weighted by Crippen LogP contribution is -2.29. The number of aliphatic hydroxyl groups excluding tert-OH is 1. The summed E-state index contributed by atoms with van der Waals surface area (Å²) < 4.78 is 10.8. The lowest BCUT2D eigenvalue weighted by molar-refractivity contribution is -0.140. The van der Waals surface area contributed by atoms with Crippen LogP contribution in [0.2, 0.25) is 5.02 Å². The zero-order valence-corrected chi connectivity index (χ0v) is 22.3. The predicted molar refractivity (Wildman–Crippen MR) is 144 cm³/mol. The number of ketones is 1. The second-order valence-electron chi connectivity index (χ2n) is 9.96. The van der Waals surface area contributed by atoms with Crippen molar-refractivity contribution in [2.45, 2.75) is 38.8 Å². The van der Waals surface area contributed by atoms with E-state index in [4.69, 9.17) is 21.1 Å². The summed E-state index contributed by atoms with van der Waals surface area (Å²) in [4.78, 5) is 28.3. The average Bonchev–Trinajstić information content (AvgIpc) is 3.13. The fourth-order valence-corrected chi connectivity index (χ4v) is 4.74. The minimum Gasteiger partial charge on any atom is -0.507 e. The molecule has 0 aliphatic carbocycles. The number of ether oxygens (including phenoxy) is 2. The molecule has 1 heterocycles. The molecule has 0 bridgehead atoms. The molecule has 1 atom stereocenters. The number of hydrogen-bond donors (Lipinski definition) is 1. The first kappa shape index (κ1) is 26.3. The Labute approximate surface area is 222 Å². The van der Waals surface area contributed by atoms with E-state index in [1.807, 2.05) is 42.5 Å². The van der Waals surface area contributed by atoms with Crippen LogP contribution in [0.5, 0.6) is 11.5 Å². The Hall–Kier alpha value is -3.77. The minimum atomic E-state index is -0.832. The molecule has 1 saturated heterocycles. The van der Waals surface area contributed by atoms with Gasteiger partial charge in [0.25, 0.3) is 11.7 Å². The number of benzene rings is 3. The third-order valence-corrected chi connectivity index (χ3v) is 6.92. The molecule has 0 spiro atoms. The van der Waals surface area contributed by atoms with E-state index in [0.29, 0.717) is 17.1 Å². The van der Waals surface area contributed by atoms with Gasteiger partial charge in [-0.25, -0.2) is 0 Å². The molecule has 0 aromatic heterocycles. The van der Waals surface area contributed by atoms with Crippen molar-refractivity contribution in [1.82, 2.24) is 4.90 Å². The molecule has 1 unspecified atom stereocenters. The normalized spacial score (nSPS) is 17.2. The van der Waals surface area contributed by atoms with Crippen LogP contribution >= 0.6 is 11.6 Å². The summed E-state index contributed by atoms with van der Waals surface area (Å²) in [6.45, 7) is 6.45. The second-order valence-corrected chi connectivity index (χ2v) is 10.4. The van der Waals surface area contributed by atoms with Crippen LogP contribution in [0.4, 0.5) is 0 Å². The number of carbonyl (C=O) groups is 2. The number of amides is 1. The highest BCUT2D eigenvalue weighted by atomic mass is 35.5. The lowest BCUT2D eigenvalue weighted by Gasteiger charge is -2.27. The molecule has 0 radical (unpaired) electrons. The number of Topliss-reactive ketones (excluding diaryl/α,β-unsaturated/α-hetero) is 1. The van der Waals surface area contributed by atoms with Crippen LogP contribution in [0, 0.1) is 0 Å². The van der Waals surface area contributed by atoms with Crippen molar-refractivity contribution in [2.24, 2.45) is 0 Å². The van der Waals surface area contributed by atoms with E-state index in [-0.39, 0.29) is 33.9 Å². The molecule has 1 N–H and O–H groups in total. The fraction of sp³-hybridized carbons (Fsp3) is 0.267. The minimum absolute atomic E-state index is 0.0291. The zero-order valence-electron chi connectivity index (χ0n) is 21.5. The van der Waals surface area contributed by atoms with Gasteiger partial charge in [-0.2, -0.15) is 0 Å². The number of aliphatic hydroxyl groups is 1. The highest BCUT2D eigenvalue weighted by Crippen LogP contribution is 2.42.